The second kappa shape index (κ2) is 3.62. The van der Waals surface area contributed by atoms with Crippen LogP contribution in [-0.2, 0) is 5.41 Å². The van der Waals surface area contributed by atoms with Crippen molar-refractivity contribution in [2.45, 2.75) is 53.9 Å². The van der Waals surface area contributed by atoms with E-state index < -0.39 is 0 Å². The molecule has 0 aliphatic rings. The van der Waals surface area contributed by atoms with E-state index in [1.165, 1.54) is 5.56 Å². The number of hydrogen-bond donors (Lipinski definition) is 0. The average molecular weight is 208 g/mol. The lowest BCUT2D eigenvalue weighted by Crippen LogP contribution is -2.18. The highest BCUT2D eigenvalue weighted by atomic mass is 19.1. The Balaban J connectivity index is 3.68. The summed E-state index contributed by atoms with van der Waals surface area (Å²) in [6.07, 6.45) is 0. The Bertz CT molecular complexity index is 366. The fourth-order valence-electron chi connectivity index (χ4n) is 2.16. The van der Waals surface area contributed by atoms with Gasteiger partial charge in [0.1, 0.15) is 5.82 Å². The molecule has 0 atom stereocenters. The SMILES string of the molecule is Cc1c(C)c(C)c(C(C)(C)C)c(F)c1C. The Kier molecular flexibility index (Phi) is 2.95. The number of benzene rings is 1. The summed E-state index contributed by atoms with van der Waals surface area (Å²) in [6, 6.07) is 0. The van der Waals surface area contributed by atoms with Gasteiger partial charge in [-0.1, -0.05) is 20.8 Å². The predicted octanol–water partition coefficient (Wildman–Crippen LogP) is 4.36. The van der Waals surface area contributed by atoms with Crippen molar-refractivity contribution in [2.24, 2.45) is 0 Å². The van der Waals surface area contributed by atoms with Crippen molar-refractivity contribution in [3.05, 3.63) is 33.6 Å². The zero-order valence-electron chi connectivity index (χ0n) is 10.9. The van der Waals surface area contributed by atoms with Crippen LogP contribution in [0.5, 0.6) is 0 Å². The van der Waals surface area contributed by atoms with Gasteiger partial charge in [0.15, 0.2) is 0 Å². The third-order valence-corrected chi connectivity index (χ3v) is 3.36. The van der Waals surface area contributed by atoms with Crippen molar-refractivity contribution in [1.82, 2.24) is 0 Å². The van der Waals surface area contributed by atoms with Gasteiger partial charge < -0.3 is 0 Å². The fourth-order valence-corrected chi connectivity index (χ4v) is 2.16. The summed E-state index contributed by atoms with van der Waals surface area (Å²) >= 11 is 0. The van der Waals surface area contributed by atoms with Crippen molar-refractivity contribution < 1.29 is 4.39 Å². The monoisotopic (exact) mass is 208 g/mol. The van der Waals surface area contributed by atoms with Gasteiger partial charge in [-0.3, -0.25) is 0 Å². The van der Waals surface area contributed by atoms with Gasteiger partial charge >= 0.3 is 0 Å². The Hall–Kier alpha value is -0.850. The molecule has 0 amide bonds. The molecule has 15 heavy (non-hydrogen) atoms. The zero-order valence-corrected chi connectivity index (χ0v) is 10.9. The maximum absolute atomic E-state index is 14.2. The largest absolute Gasteiger partial charge is 0.206 e. The molecule has 0 spiro atoms. The maximum Gasteiger partial charge on any atom is 0.130 e. The van der Waals surface area contributed by atoms with Crippen LogP contribution in [0.1, 0.15) is 48.6 Å². The lowest BCUT2D eigenvalue weighted by atomic mass is 9.80. The van der Waals surface area contributed by atoms with E-state index >= 15 is 0 Å². The summed E-state index contributed by atoms with van der Waals surface area (Å²) in [5, 5.41) is 0. The summed E-state index contributed by atoms with van der Waals surface area (Å²) in [6.45, 7) is 14.1. The Morgan fingerprint density at radius 3 is 1.53 bits per heavy atom. The van der Waals surface area contributed by atoms with Crippen LogP contribution in [0, 0.1) is 33.5 Å². The van der Waals surface area contributed by atoms with Crippen LogP contribution in [0.4, 0.5) is 4.39 Å². The molecule has 0 saturated carbocycles. The van der Waals surface area contributed by atoms with E-state index in [2.05, 4.69) is 27.7 Å². The van der Waals surface area contributed by atoms with E-state index in [0.717, 1.165) is 22.3 Å². The lowest BCUT2D eigenvalue weighted by molar-refractivity contribution is 0.513. The molecule has 0 aromatic heterocycles. The molecule has 0 aliphatic heterocycles. The van der Waals surface area contributed by atoms with Crippen molar-refractivity contribution >= 4 is 0 Å². The molecule has 0 N–H and O–H groups in total. The first-order valence-electron chi connectivity index (χ1n) is 5.44. The van der Waals surface area contributed by atoms with Gasteiger partial charge in [0.05, 0.1) is 0 Å². The first-order valence-corrected chi connectivity index (χ1v) is 5.44. The lowest BCUT2D eigenvalue weighted by Gasteiger charge is -2.26. The van der Waals surface area contributed by atoms with Crippen LogP contribution in [0.25, 0.3) is 0 Å². The number of halogens is 1. The average Bonchev–Trinajstić information content (AvgIpc) is 2.09. The molecule has 0 fully saturated rings. The summed E-state index contributed by atoms with van der Waals surface area (Å²) in [5.74, 6) is -0.0249. The van der Waals surface area contributed by atoms with Gasteiger partial charge in [0, 0.05) is 0 Å². The van der Waals surface area contributed by atoms with E-state index in [-0.39, 0.29) is 11.2 Å². The van der Waals surface area contributed by atoms with Crippen molar-refractivity contribution in [2.75, 3.05) is 0 Å². The molecule has 1 heteroatoms. The van der Waals surface area contributed by atoms with E-state index in [4.69, 9.17) is 0 Å². The van der Waals surface area contributed by atoms with E-state index in [9.17, 15) is 4.39 Å². The van der Waals surface area contributed by atoms with E-state index in [1.807, 2.05) is 20.8 Å². The summed E-state index contributed by atoms with van der Waals surface area (Å²) in [7, 11) is 0. The predicted molar refractivity (Wildman–Crippen MR) is 64.0 cm³/mol. The van der Waals surface area contributed by atoms with E-state index in [0.29, 0.717) is 0 Å². The molecule has 1 aromatic carbocycles. The Labute approximate surface area is 92.5 Å². The second-order valence-corrected chi connectivity index (χ2v) is 5.44. The molecule has 0 saturated heterocycles. The minimum atomic E-state index is -0.128. The van der Waals surface area contributed by atoms with Crippen LogP contribution in [0.15, 0.2) is 0 Å². The molecule has 0 radical (unpaired) electrons. The highest BCUT2D eigenvalue weighted by molar-refractivity contribution is 5.47. The van der Waals surface area contributed by atoms with Gasteiger partial charge in [-0.25, -0.2) is 4.39 Å². The third-order valence-electron chi connectivity index (χ3n) is 3.36. The number of hydrogen-bond acceptors (Lipinski definition) is 0. The minimum Gasteiger partial charge on any atom is -0.206 e. The zero-order chi connectivity index (χ0) is 12.0. The summed E-state index contributed by atoms with van der Waals surface area (Å²) < 4.78 is 14.2. The smallest absolute Gasteiger partial charge is 0.130 e. The summed E-state index contributed by atoms with van der Waals surface area (Å²) in [5.41, 5.74) is 4.93. The van der Waals surface area contributed by atoms with Crippen LogP contribution in [0.3, 0.4) is 0 Å². The van der Waals surface area contributed by atoms with Crippen LogP contribution < -0.4 is 0 Å². The maximum atomic E-state index is 14.2. The molecule has 0 nitrogen and oxygen atoms in total. The first kappa shape index (κ1) is 12.2. The van der Waals surface area contributed by atoms with Crippen LogP contribution >= 0.6 is 0 Å². The Morgan fingerprint density at radius 2 is 1.13 bits per heavy atom. The fraction of sp³-hybridized carbons (Fsp3) is 0.571. The van der Waals surface area contributed by atoms with Gasteiger partial charge in [-0.15, -0.1) is 0 Å². The highest BCUT2D eigenvalue weighted by Crippen LogP contribution is 2.33. The Morgan fingerprint density at radius 1 is 0.733 bits per heavy atom. The molecular formula is C14H21F. The summed E-state index contributed by atoms with van der Waals surface area (Å²) in [4.78, 5) is 0. The van der Waals surface area contributed by atoms with Gasteiger partial charge in [0.2, 0.25) is 0 Å². The first-order chi connectivity index (χ1) is 6.68. The molecule has 1 rings (SSSR count). The van der Waals surface area contributed by atoms with Gasteiger partial charge in [0.25, 0.3) is 0 Å². The van der Waals surface area contributed by atoms with Crippen molar-refractivity contribution in [3.8, 4) is 0 Å². The van der Waals surface area contributed by atoms with Gasteiger partial charge in [-0.05, 0) is 60.9 Å². The number of rotatable bonds is 0. The minimum absolute atomic E-state index is 0.0249. The molecule has 0 bridgehead atoms. The molecule has 0 heterocycles. The van der Waals surface area contributed by atoms with E-state index in [1.54, 1.807) is 0 Å². The standard InChI is InChI=1S/C14H21F/c1-8-9(2)11(4)13(15)12(10(8)3)14(5,6)7/h1-7H3. The second-order valence-electron chi connectivity index (χ2n) is 5.44. The highest BCUT2D eigenvalue weighted by Gasteiger charge is 2.24. The quantitative estimate of drug-likeness (QED) is 0.594. The molecule has 0 unspecified atom stereocenters. The molecular weight excluding hydrogens is 187 g/mol. The third kappa shape index (κ3) is 1.92. The van der Waals surface area contributed by atoms with Gasteiger partial charge in [-0.2, -0.15) is 0 Å². The van der Waals surface area contributed by atoms with Crippen LogP contribution in [0.2, 0.25) is 0 Å². The topological polar surface area (TPSA) is 0 Å². The normalized spacial score (nSPS) is 12.0. The van der Waals surface area contributed by atoms with Crippen molar-refractivity contribution in [3.63, 3.8) is 0 Å². The molecule has 84 valence electrons. The molecule has 0 aliphatic carbocycles. The molecule has 1 aromatic rings. The van der Waals surface area contributed by atoms with Crippen molar-refractivity contribution in [1.29, 1.82) is 0 Å². The van der Waals surface area contributed by atoms with Crippen LogP contribution in [-0.4, -0.2) is 0 Å².